The standard InChI is InChI=1S/C12H17FN2O2/c1-8(2)10(5-7-16)15-12(17)9-4-3-6-14-11(9)13/h3-4,6,8,10,16H,5,7H2,1-2H3,(H,15,17). The van der Waals surface area contributed by atoms with Gasteiger partial charge in [0.2, 0.25) is 5.95 Å². The summed E-state index contributed by atoms with van der Waals surface area (Å²) < 4.78 is 13.3. The van der Waals surface area contributed by atoms with Crippen molar-refractivity contribution >= 4 is 5.91 Å². The topological polar surface area (TPSA) is 62.2 Å². The smallest absolute Gasteiger partial charge is 0.256 e. The maximum Gasteiger partial charge on any atom is 0.256 e. The van der Waals surface area contributed by atoms with Gasteiger partial charge in [-0.15, -0.1) is 0 Å². The highest BCUT2D eigenvalue weighted by molar-refractivity contribution is 5.94. The number of hydrogen-bond donors (Lipinski definition) is 2. The van der Waals surface area contributed by atoms with Gasteiger partial charge in [-0.05, 0) is 24.5 Å². The van der Waals surface area contributed by atoms with Crippen LogP contribution in [-0.2, 0) is 0 Å². The first-order chi connectivity index (χ1) is 8.06. The Balaban J connectivity index is 2.74. The summed E-state index contributed by atoms with van der Waals surface area (Å²) in [5.74, 6) is -1.11. The fourth-order valence-corrected chi connectivity index (χ4v) is 1.51. The van der Waals surface area contributed by atoms with Crippen LogP contribution in [0.15, 0.2) is 18.3 Å². The molecule has 1 aromatic rings. The summed E-state index contributed by atoms with van der Waals surface area (Å²) in [4.78, 5) is 15.2. The molecule has 0 aliphatic heterocycles. The molecule has 1 aromatic heterocycles. The summed E-state index contributed by atoms with van der Waals surface area (Å²) in [5.41, 5.74) is -0.0731. The van der Waals surface area contributed by atoms with Gasteiger partial charge in [0.25, 0.3) is 5.91 Å². The molecule has 94 valence electrons. The zero-order valence-corrected chi connectivity index (χ0v) is 9.98. The molecule has 1 heterocycles. The van der Waals surface area contributed by atoms with Crippen molar-refractivity contribution in [3.63, 3.8) is 0 Å². The van der Waals surface area contributed by atoms with Crippen LogP contribution in [-0.4, -0.2) is 28.6 Å². The molecule has 0 aromatic carbocycles. The van der Waals surface area contributed by atoms with E-state index in [2.05, 4.69) is 10.3 Å². The normalized spacial score (nSPS) is 12.5. The summed E-state index contributed by atoms with van der Waals surface area (Å²) >= 11 is 0. The Bertz CT molecular complexity index is 383. The minimum atomic E-state index is -0.781. The number of nitrogens with zero attached hydrogens (tertiary/aromatic N) is 1. The first-order valence-electron chi connectivity index (χ1n) is 5.58. The second kappa shape index (κ2) is 6.30. The number of rotatable bonds is 5. The van der Waals surface area contributed by atoms with Crippen LogP contribution >= 0.6 is 0 Å². The van der Waals surface area contributed by atoms with E-state index in [-0.39, 0.29) is 24.1 Å². The largest absolute Gasteiger partial charge is 0.396 e. The SMILES string of the molecule is CC(C)C(CCO)NC(=O)c1cccnc1F. The highest BCUT2D eigenvalue weighted by Crippen LogP contribution is 2.09. The third-order valence-corrected chi connectivity index (χ3v) is 2.57. The van der Waals surface area contributed by atoms with E-state index in [0.717, 1.165) is 0 Å². The van der Waals surface area contributed by atoms with Gasteiger partial charge >= 0.3 is 0 Å². The number of aromatic nitrogens is 1. The van der Waals surface area contributed by atoms with E-state index >= 15 is 0 Å². The lowest BCUT2D eigenvalue weighted by atomic mass is 10.0. The zero-order chi connectivity index (χ0) is 12.8. The Morgan fingerprint density at radius 2 is 2.29 bits per heavy atom. The molecule has 1 atom stereocenters. The van der Waals surface area contributed by atoms with E-state index < -0.39 is 11.9 Å². The first kappa shape index (κ1) is 13.6. The molecule has 0 radical (unpaired) electrons. The van der Waals surface area contributed by atoms with Crippen LogP contribution in [0.5, 0.6) is 0 Å². The lowest BCUT2D eigenvalue weighted by Gasteiger charge is -2.21. The maximum atomic E-state index is 13.3. The quantitative estimate of drug-likeness (QED) is 0.764. The second-order valence-corrected chi connectivity index (χ2v) is 4.18. The molecule has 0 saturated carbocycles. The molecule has 0 aliphatic rings. The van der Waals surface area contributed by atoms with Gasteiger partial charge in [0.05, 0.1) is 5.56 Å². The van der Waals surface area contributed by atoms with Gasteiger partial charge < -0.3 is 10.4 Å². The fraction of sp³-hybridized carbons (Fsp3) is 0.500. The van der Waals surface area contributed by atoms with E-state index in [9.17, 15) is 9.18 Å². The van der Waals surface area contributed by atoms with Crippen molar-refractivity contribution < 1.29 is 14.3 Å². The molecule has 2 N–H and O–H groups in total. The van der Waals surface area contributed by atoms with Crippen molar-refractivity contribution in [2.75, 3.05) is 6.61 Å². The van der Waals surface area contributed by atoms with Crippen LogP contribution in [0.2, 0.25) is 0 Å². The number of pyridine rings is 1. The number of halogens is 1. The molecule has 4 nitrogen and oxygen atoms in total. The number of carbonyl (C=O) groups excluding carboxylic acids is 1. The van der Waals surface area contributed by atoms with E-state index in [4.69, 9.17) is 5.11 Å². The molecular weight excluding hydrogens is 223 g/mol. The molecule has 0 saturated heterocycles. The monoisotopic (exact) mass is 240 g/mol. The predicted molar refractivity (Wildman–Crippen MR) is 62.0 cm³/mol. The third kappa shape index (κ3) is 3.78. The maximum absolute atomic E-state index is 13.3. The van der Waals surface area contributed by atoms with Crippen molar-refractivity contribution in [2.24, 2.45) is 5.92 Å². The summed E-state index contributed by atoms with van der Waals surface area (Å²) in [7, 11) is 0. The molecule has 1 rings (SSSR count). The predicted octanol–water partition coefficient (Wildman–Crippen LogP) is 1.36. The molecule has 17 heavy (non-hydrogen) atoms. The minimum absolute atomic E-state index is 0.0152. The fourth-order valence-electron chi connectivity index (χ4n) is 1.51. The summed E-state index contributed by atoms with van der Waals surface area (Å²) in [6.45, 7) is 3.85. The Kier molecular flexibility index (Phi) is 5.03. The van der Waals surface area contributed by atoms with Crippen LogP contribution < -0.4 is 5.32 Å². The number of carbonyl (C=O) groups is 1. The van der Waals surface area contributed by atoms with Crippen molar-refractivity contribution in [1.29, 1.82) is 0 Å². The summed E-state index contributed by atoms with van der Waals surface area (Å²) in [5, 5.41) is 11.6. The Labute approximate surface area is 99.9 Å². The molecule has 0 fully saturated rings. The van der Waals surface area contributed by atoms with Crippen molar-refractivity contribution in [1.82, 2.24) is 10.3 Å². The van der Waals surface area contributed by atoms with Gasteiger partial charge in [-0.25, -0.2) is 4.98 Å². The van der Waals surface area contributed by atoms with Crippen molar-refractivity contribution in [2.45, 2.75) is 26.3 Å². The van der Waals surface area contributed by atoms with Crippen LogP contribution in [0.3, 0.4) is 0 Å². The number of aliphatic hydroxyl groups excluding tert-OH is 1. The highest BCUT2D eigenvalue weighted by Gasteiger charge is 2.18. The molecule has 0 bridgehead atoms. The molecule has 5 heteroatoms. The van der Waals surface area contributed by atoms with Gasteiger partial charge in [0.15, 0.2) is 0 Å². The van der Waals surface area contributed by atoms with Gasteiger partial charge in [0.1, 0.15) is 0 Å². The van der Waals surface area contributed by atoms with Crippen molar-refractivity contribution in [3.8, 4) is 0 Å². The number of aliphatic hydroxyl groups is 1. The van der Waals surface area contributed by atoms with Crippen LogP contribution in [0, 0.1) is 11.9 Å². The Hall–Kier alpha value is -1.49. The molecular formula is C12H17FN2O2. The first-order valence-corrected chi connectivity index (χ1v) is 5.58. The van der Waals surface area contributed by atoms with E-state index in [1.807, 2.05) is 13.8 Å². The van der Waals surface area contributed by atoms with E-state index in [1.165, 1.54) is 18.3 Å². The Morgan fingerprint density at radius 1 is 1.59 bits per heavy atom. The molecule has 1 amide bonds. The van der Waals surface area contributed by atoms with Gasteiger partial charge in [-0.1, -0.05) is 13.8 Å². The Morgan fingerprint density at radius 3 is 2.82 bits per heavy atom. The highest BCUT2D eigenvalue weighted by atomic mass is 19.1. The minimum Gasteiger partial charge on any atom is -0.396 e. The zero-order valence-electron chi connectivity index (χ0n) is 9.98. The average Bonchev–Trinajstić information content (AvgIpc) is 2.28. The molecule has 0 aliphatic carbocycles. The lowest BCUT2D eigenvalue weighted by Crippen LogP contribution is -2.39. The summed E-state index contributed by atoms with van der Waals surface area (Å²) in [6.07, 6.45) is 1.74. The average molecular weight is 240 g/mol. The van der Waals surface area contributed by atoms with Gasteiger partial charge in [-0.2, -0.15) is 4.39 Å². The third-order valence-electron chi connectivity index (χ3n) is 2.57. The van der Waals surface area contributed by atoms with Crippen LogP contribution in [0.4, 0.5) is 4.39 Å². The number of hydrogen-bond acceptors (Lipinski definition) is 3. The lowest BCUT2D eigenvalue weighted by molar-refractivity contribution is 0.0911. The van der Waals surface area contributed by atoms with E-state index in [1.54, 1.807) is 0 Å². The van der Waals surface area contributed by atoms with Gasteiger partial charge in [0, 0.05) is 18.8 Å². The molecule has 0 spiro atoms. The van der Waals surface area contributed by atoms with Crippen LogP contribution in [0.1, 0.15) is 30.6 Å². The van der Waals surface area contributed by atoms with E-state index in [0.29, 0.717) is 6.42 Å². The van der Waals surface area contributed by atoms with Crippen molar-refractivity contribution in [3.05, 3.63) is 29.8 Å². The summed E-state index contributed by atoms with van der Waals surface area (Å²) in [6, 6.07) is 2.72. The van der Waals surface area contributed by atoms with Crippen LogP contribution in [0.25, 0.3) is 0 Å². The number of nitrogens with one attached hydrogen (secondary N) is 1. The molecule has 1 unspecified atom stereocenters. The van der Waals surface area contributed by atoms with Gasteiger partial charge in [-0.3, -0.25) is 4.79 Å². The second-order valence-electron chi connectivity index (χ2n) is 4.18. The number of amides is 1.